The minimum Gasteiger partial charge on any atom is -0.466 e. The maximum Gasteiger partial charge on any atom is 0.332 e. The molecule has 6 nitrogen and oxygen atoms in total. The highest BCUT2D eigenvalue weighted by atomic mass is 16.6. The Kier molecular flexibility index (Phi) is 9.70. The van der Waals surface area contributed by atoms with Crippen LogP contribution >= 0.6 is 0 Å². The molecule has 1 aliphatic rings. The van der Waals surface area contributed by atoms with Gasteiger partial charge in [-0.1, -0.05) is 13.2 Å². The normalized spacial score (nSPS) is 12.4. The molecule has 1 fully saturated rings. The number of hydrogen-bond acceptors (Lipinski definition) is 6. The zero-order valence-electron chi connectivity index (χ0n) is 12.4. The van der Waals surface area contributed by atoms with Crippen molar-refractivity contribution >= 4 is 23.7 Å². The number of esters is 3. The van der Waals surface area contributed by atoms with E-state index in [1.54, 1.807) is 13.8 Å². The Balaban J connectivity index is 0. The van der Waals surface area contributed by atoms with Crippen molar-refractivity contribution in [3.8, 4) is 0 Å². The van der Waals surface area contributed by atoms with E-state index in [4.69, 9.17) is 0 Å². The summed E-state index contributed by atoms with van der Waals surface area (Å²) in [5, 5.41) is 0. The fourth-order valence-corrected chi connectivity index (χ4v) is 0.488. The summed E-state index contributed by atoms with van der Waals surface area (Å²) in [6.07, 6.45) is 0. The van der Waals surface area contributed by atoms with E-state index in [1.807, 2.05) is 0 Å². The van der Waals surface area contributed by atoms with Crippen LogP contribution < -0.4 is 0 Å². The molecule has 1 rings (SSSR count). The van der Waals surface area contributed by atoms with E-state index >= 15 is 0 Å². The van der Waals surface area contributed by atoms with Crippen LogP contribution in [0.1, 0.15) is 27.7 Å². The van der Waals surface area contributed by atoms with Gasteiger partial charge in [0.25, 0.3) is 0 Å². The Hall–Kier alpha value is -2.24. The van der Waals surface area contributed by atoms with Gasteiger partial charge >= 0.3 is 17.9 Å². The van der Waals surface area contributed by atoms with Crippen LogP contribution in [0.4, 0.5) is 0 Å². The summed E-state index contributed by atoms with van der Waals surface area (Å²) in [6, 6.07) is 0. The standard InChI is InChI=1S/C5H8O2.C5H8O.C4H4O3/c1-4(2)5(6)7-3;1-4(2)5(3)6;1-2-3(5)7-4(2)6/h1H2,2-3H3;1H2,2-3H3;2H,1H3. The molecule has 0 N–H and O–H groups in total. The average molecular weight is 284 g/mol. The molecule has 0 unspecified atom stereocenters. The topological polar surface area (TPSA) is 86.7 Å². The quantitative estimate of drug-likeness (QED) is 0.435. The zero-order valence-corrected chi connectivity index (χ0v) is 12.4. The second-order valence-electron chi connectivity index (χ2n) is 4.07. The molecule has 0 aromatic heterocycles. The number of carbonyl (C=O) groups excluding carboxylic acids is 4. The van der Waals surface area contributed by atoms with E-state index in [0.29, 0.717) is 11.1 Å². The molecule has 0 radical (unpaired) electrons. The predicted molar refractivity (Wildman–Crippen MR) is 72.6 cm³/mol. The van der Waals surface area contributed by atoms with Crippen LogP contribution in [-0.4, -0.2) is 30.8 Å². The lowest BCUT2D eigenvalue weighted by atomic mass is 10.1. The van der Waals surface area contributed by atoms with Gasteiger partial charge in [0.2, 0.25) is 0 Å². The van der Waals surface area contributed by atoms with Crippen LogP contribution in [0.3, 0.4) is 0 Å². The third-order valence-corrected chi connectivity index (χ3v) is 2.04. The fourth-order valence-electron chi connectivity index (χ4n) is 0.488. The van der Waals surface area contributed by atoms with Crippen LogP contribution in [0.5, 0.6) is 0 Å². The van der Waals surface area contributed by atoms with Crippen molar-refractivity contribution in [1.82, 2.24) is 0 Å². The second-order valence-corrected chi connectivity index (χ2v) is 4.07. The molecule has 1 aliphatic heterocycles. The SMILES string of the molecule is C=C(C)C(=O)OC.C=C(C)C(C)=O.CC1C(=O)OC1=O. The lowest BCUT2D eigenvalue weighted by Crippen LogP contribution is -2.38. The molecule has 0 spiro atoms. The number of ketones is 1. The lowest BCUT2D eigenvalue weighted by Gasteiger charge is -2.16. The minimum absolute atomic E-state index is 0.0648. The summed E-state index contributed by atoms with van der Waals surface area (Å²) in [7, 11) is 1.33. The first-order valence-electron chi connectivity index (χ1n) is 5.70. The van der Waals surface area contributed by atoms with Gasteiger partial charge in [-0.05, 0) is 33.3 Å². The Morgan fingerprint density at radius 2 is 1.40 bits per heavy atom. The van der Waals surface area contributed by atoms with Crippen molar-refractivity contribution in [2.24, 2.45) is 5.92 Å². The van der Waals surface area contributed by atoms with Crippen LogP contribution in [0.25, 0.3) is 0 Å². The van der Waals surface area contributed by atoms with Gasteiger partial charge < -0.3 is 9.47 Å². The first-order chi connectivity index (χ1) is 9.04. The van der Waals surface area contributed by atoms with Crippen molar-refractivity contribution in [3.63, 3.8) is 0 Å². The van der Waals surface area contributed by atoms with Gasteiger partial charge in [0.05, 0.1) is 7.11 Å². The summed E-state index contributed by atoms with van der Waals surface area (Å²) >= 11 is 0. The molecule has 112 valence electrons. The zero-order chi connectivity index (χ0) is 16.5. The van der Waals surface area contributed by atoms with Crippen molar-refractivity contribution in [1.29, 1.82) is 0 Å². The molecule has 0 amide bonds. The van der Waals surface area contributed by atoms with E-state index in [9.17, 15) is 19.2 Å². The third kappa shape index (κ3) is 8.79. The number of methoxy groups -OCH3 is 1. The maximum absolute atomic E-state index is 10.2. The number of cyclic esters (lactones) is 2. The molecule has 20 heavy (non-hydrogen) atoms. The van der Waals surface area contributed by atoms with Crippen LogP contribution in [-0.2, 0) is 28.7 Å². The van der Waals surface area contributed by atoms with Crippen molar-refractivity contribution in [2.45, 2.75) is 27.7 Å². The van der Waals surface area contributed by atoms with Gasteiger partial charge in [-0.15, -0.1) is 0 Å². The van der Waals surface area contributed by atoms with Gasteiger partial charge in [0, 0.05) is 5.57 Å². The summed E-state index contributed by atoms with van der Waals surface area (Å²) < 4.78 is 8.25. The maximum atomic E-state index is 10.2. The lowest BCUT2D eigenvalue weighted by molar-refractivity contribution is -0.182. The largest absolute Gasteiger partial charge is 0.466 e. The summed E-state index contributed by atoms with van der Waals surface area (Å²) in [5.74, 6) is -1.61. The predicted octanol–water partition coefficient (Wildman–Crippen LogP) is 1.59. The van der Waals surface area contributed by atoms with E-state index in [2.05, 4.69) is 22.6 Å². The number of Topliss-reactive ketones (excluding diaryl/α,β-unsaturated/α-hetero) is 1. The molecule has 0 atom stereocenters. The average Bonchev–Trinajstić information content (AvgIpc) is 2.38. The molecule has 0 aliphatic carbocycles. The van der Waals surface area contributed by atoms with Crippen LogP contribution in [0.2, 0.25) is 0 Å². The first kappa shape index (κ1) is 20.1. The van der Waals surface area contributed by atoms with Gasteiger partial charge in [-0.25, -0.2) is 4.79 Å². The second kappa shape index (κ2) is 9.66. The van der Waals surface area contributed by atoms with E-state index < -0.39 is 17.9 Å². The number of allylic oxidation sites excluding steroid dienone is 1. The highest BCUT2D eigenvalue weighted by Gasteiger charge is 2.36. The molecular formula is C14H20O6. The van der Waals surface area contributed by atoms with E-state index in [0.717, 1.165) is 0 Å². The Morgan fingerprint density at radius 3 is 1.40 bits per heavy atom. The molecule has 0 saturated carbocycles. The summed E-state index contributed by atoms with van der Waals surface area (Å²) in [5.41, 5.74) is 1.05. The highest BCUT2D eigenvalue weighted by Crippen LogP contribution is 2.11. The Morgan fingerprint density at radius 1 is 1.05 bits per heavy atom. The van der Waals surface area contributed by atoms with Crippen LogP contribution in [0.15, 0.2) is 24.3 Å². The molecule has 1 heterocycles. The summed E-state index contributed by atoms with van der Waals surface area (Å²) in [4.78, 5) is 40.2. The fraction of sp³-hybridized carbons (Fsp3) is 0.429. The van der Waals surface area contributed by atoms with Gasteiger partial charge in [-0.3, -0.25) is 14.4 Å². The van der Waals surface area contributed by atoms with Gasteiger partial charge in [-0.2, -0.15) is 0 Å². The minimum atomic E-state index is -0.500. The van der Waals surface area contributed by atoms with Crippen LogP contribution in [0, 0.1) is 5.92 Å². The summed E-state index contributed by atoms with van der Waals surface area (Å²) in [6.45, 7) is 13.1. The highest BCUT2D eigenvalue weighted by molar-refractivity contribution is 6.08. The van der Waals surface area contributed by atoms with Gasteiger partial charge in [0.15, 0.2) is 11.7 Å². The number of hydrogen-bond donors (Lipinski definition) is 0. The smallest absolute Gasteiger partial charge is 0.332 e. The Bertz CT molecular complexity index is 407. The molecule has 0 bridgehead atoms. The van der Waals surface area contributed by atoms with E-state index in [1.165, 1.54) is 21.0 Å². The Labute approximate surface area is 118 Å². The number of rotatable bonds is 2. The monoisotopic (exact) mass is 284 g/mol. The molecule has 1 saturated heterocycles. The van der Waals surface area contributed by atoms with Crippen molar-refractivity contribution in [3.05, 3.63) is 24.3 Å². The third-order valence-electron chi connectivity index (χ3n) is 2.04. The molecular weight excluding hydrogens is 264 g/mol. The van der Waals surface area contributed by atoms with Crippen molar-refractivity contribution < 1.29 is 28.7 Å². The number of ether oxygens (including phenoxy) is 2. The van der Waals surface area contributed by atoms with Gasteiger partial charge in [0.1, 0.15) is 0 Å². The molecule has 0 aromatic rings. The first-order valence-corrected chi connectivity index (χ1v) is 5.70. The van der Waals surface area contributed by atoms with E-state index in [-0.39, 0.29) is 11.8 Å². The molecule has 0 aromatic carbocycles. The van der Waals surface area contributed by atoms with Crippen molar-refractivity contribution in [2.75, 3.05) is 7.11 Å². The number of carbonyl (C=O) groups is 4. The molecule has 6 heteroatoms.